The predicted molar refractivity (Wildman–Crippen MR) is 170 cm³/mol. The summed E-state index contributed by atoms with van der Waals surface area (Å²) in [6, 6.07) is 17.1. The molecule has 48 heavy (non-hydrogen) atoms. The molecule has 1 aliphatic heterocycles. The van der Waals surface area contributed by atoms with Gasteiger partial charge in [-0.2, -0.15) is 0 Å². The van der Waals surface area contributed by atoms with Gasteiger partial charge in [-0.05, 0) is 67.2 Å². The molecule has 1 heterocycles. The monoisotopic (exact) mass is 660 g/mol. The minimum atomic E-state index is -1.87. The zero-order valence-corrected chi connectivity index (χ0v) is 28.2. The molecule has 7 rings (SSSR count). The predicted octanol–water partition coefficient (Wildman–Crippen LogP) is 4.77. The van der Waals surface area contributed by atoms with Crippen LogP contribution in [0.25, 0.3) is 0 Å². The number of fused-ring (bicyclic) bond motifs is 2. The number of esters is 4. The van der Waals surface area contributed by atoms with Crippen molar-refractivity contribution in [3.05, 3.63) is 71.8 Å². The van der Waals surface area contributed by atoms with Crippen molar-refractivity contribution in [2.75, 3.05) is 6.61 Å². The highest BCUT2D eigenvalue weighted by atomic mass is 16.6. The van der Waals surface area contributed by atoms with Crippen molar-refractivity contribution in [1.29, 1.82) is 0 Å². The first-order valence-electron chi connectivity index (χ1n) is 16.9. The van der Waals surface area contributed by atoms with E-state index in [9.17, 15) is 24.3 Å². The molecule has 256 valence electrons. The van der Waals surface area contributed by atoms with Gasteiger partial charge in [-0.25, -0.2) is 9.59 Å². The normalized spacial score (nSPS) is 41.4. The maximum absolute atomic E-state index is 14.1. The Morgan fingerprint density at radius 3 is 1.92 bits per heavy atom. The number of rotatable bonds is 6. The van der Waals surface area contributed by atoms with Crippen LogP contribution in [0.5, 0.6) is 0 Å². The number of hydrogen-bond donors (Lipinski definition) is 1. The maximum Gasteiger partial charge on any atom is 0.338 e. The number of carbonyl (C=O) groups excluding carboxylic acids is 4. The Morgan fingerprint density at radius 2 is 1.35 bits per heavy atom. The Labute approximate surface area is 280 Å². The average Bonchev–Trinajstić information content (AvgIpc) is 3.29. The molecule has 1 N–H and O–H groups in total. The molecule has 0 spiro atoms. The molecule has 10 heteroatoms. The highest BCUT2D eigenvalue weighted by Gasteiger charge is 2.86. The van der Waals surface area contributed by atoms with Crippen LogP contribution in [-0.4, -0.2) is 71.2 Å². The van der Waals surface area contributed by atoms with Gasteiger partial charge in [-0.3, -0.25) is 9.59 Å². The van der Waals surface area contributed by atoms with Crippen molar-refractivity contribution >= 4 is 23.9 Å². The van der Waals surface area contributed by atoms with E-state index >= 15 is 0 Å². The third-order valence-electron chi connectivity index (χ3n) is 12.5. The van der Waals surface area contributed by atoms with E-state index in [1.54, 1.807) is 60.7 Å². The van der Waals surface area contributed by atoms with Crippen LogP contribution in [-0.2, 0) is 33.3 Å². The molecule has 5 aliphatic rings. The Morgan fingerprint density at radius 1 is 0.792 bits per heavy atom. The first kappa shape index (κ1) is 32.8. The first-order chi connectivity index (χ1) is 22.7. The lowest BCUT2D eigenvalue weighted by atomic mass is 9.57. The van der Waals surface area contributed by atoms with Gasteiger partial charge >= 0.3 is 23.9 Å². The van der Waals surface area contributed by atoms with E-state index in [0.29, 0.717) is 17.5 Å². The molecule has 5 fully saturated rings. The van der Waals surface area contributed by atoms with Crippen molar-refractivity contribution in [3.63, 3.8) is 0 Å². The zero-order valence-electron chi connectivity index (χ0n) is 28.2. The summed E-state index contributed by atoms with van der Waals surface area (Å²) in [5, 5.41) is 13.2. The van der Waals surface area contributed by atoms with E-state index in [0.717, 1.165) is 0 Å². The largest absolute Gasteiger partial charge is 0.462 e. The molecule has 4 saturated carbocycles. The van der Waals surface area contributed by atoms with Gasteiger partial charge in [-0.1, -0.05) is 57.2 Å². The molecule has 4 aliphatic carbocycles. The van der Waals surface area contributed by atoms with Crippen LogP contribution in [0.2, 0.25) is 0 Å². The van der Waals surface area contributed by atoms with E-state index in [4.69, 9.17) is 23.7 Å². The van der Waals surface area contributed by atoms with Gasteiger partial charge in [0.05, 0.1) is 29.1 Å². The molecule has 0 aromatic heterocycles. The average molecular weight is 661 g/mol. The fourth-order valence-corrected chi connectivity index (χ4v) is 10.6. The standard InChI is InChI=1S/C38H44O10/c1-20-18-38(43)28(29(20)46-22(3)40)31(47-32(41)23-13-9-7-10-14-23)37-19-44-36(6,34(38)48-33(42)24-15-11-8-12-16-24)30(37)27-25(35(27,4)5)17-26(37)45-21(2)39/h7-16,20,25-31,34,43H,17-19H2,1-6H3. The summed E-state index contributed by atoms with van der Waals surface area (Å²) >= 11 is 0. The highest BCUT2D eigenvalue weighted by Crippen LogP contribution is 2.78. The van der Waals surface area contributed by atoms with Crippen LogP contribution < -0.4 is 0 Å². The highest BCUT2D eigenvalue weighted by molar-refractivity contribution is 5.90. The van der Waals surface area contributed by atoms with Crippen LogP contribution in [0, 0.1) is 40.4 Å². The quantitative estimate of drug-likeness (QED) is 0.341. The number of carbonyl (C=O) groups is 4. The second-order valence-corrected chi connectivity index (χ2v) is 15.5. The van der Waals surface area contributed by atoms with Gasteiger partial charge < -0.3 is 28.8 Å². The summed E-state index contributed by atoms with van der Waals surface area (Å²) < 4.78 is 32.1. The van der Waals surface area contributed by atoms with Crippen molar-refractivity contribution in [3.8, 4) is 0 Å². The Bertz CT molecular complexity index is 1620. The van der Waals surface area contributed by atoms with Gasteiger partial charge in [0, 0.05) is 19.8 Å². The summed E-state index contributed by atoms with van der Waals surface area (Å²) in [6.07, 6.45) is -3.52. The van der Waals surface area contributed by atoms with E-state index in [2.05, 4.69) is 13.8 Å². The van der Waals surface area contributed by atoms with Crippen molar-refractivity contribution < 1.29 is 48.0 Å². The van der Waals surface area contributed by atoms with Gasteiger partial charge in [0.2, 0.25) is 0 Å². The number of hydrogen-bond acceptors (Lipinski definition) is 10. The molecule has 12 atom stereocenters. The molecule has 2 bridgehead atoms. The van der Waals surface area contributed by atoms with Crippen LogP contribution in [0.15, 0.2) is 60.7 Å². The van der Waals surface area contributed by atoms with Gasteiger partial charge in [0.15, 0.2) is 6.10 Å². The molecule has 1 saturated heterocycles. The van der Waals surface area contributed by atoms with Crippen LogP contribution in [0.3, 0.4) is 0 Å². The number of aliphatic hydroxyl groups is 1. The molecule has 2 aromatic rings. The van der Waals surface area contributed by atoms with Crippen LogP contribution in [0.1, 0.15) is 75.1 Å². The van der Waals surface area contributed by atoms with Gasteiger partial charge in [0.25, 0.3) is 0 Å². The van der Waals surface area contributed by atoms with E-state index < -0.39 is 82.7 Å². The zero-order chi connectivity index (χ0) is 34.4. The third-order valence-corrected chi connectivity index (χ3v) is 12.5. The second kappa shape index (κ2) is 11.1. The molecular weight excluding hydrogens is 616 g/mol. The van der Waals surface area contributed by atoms with Crippen molar-refractivity contribution in [2.24, 2.45) is 40.4 Å². The molecular formula is C38H44O10. The number of ether oxygens (including phenoxy) is 5. The van der Waals surface area contributed by atoms with E-state index in [-0.39, 0.29) is 30.3 Å². The second-order valence-electron chi connectivity index (χ2n) is 15.5. The lowest BCUT2D eigenvalue weighted by Crippen LogP contribution is -2.63. The summed E-state index contributed by atoms with van der Waals surface area (Å²) in [6.45, 7) is 10.7. The van der Waals surface area contributed by atoms with Crippen molar-refractivity contribution in [2.45, 2.75) is 90.0 Å². The van der Waals surface area contributed by atoms with Gasteiger partial charge in [-0.15, -0.1) is 0 Å². The van der Waals surface area contributed by atoms with E-state index in [1.165, 1.54) is 13.8 Å². The Balaban J connectivity index is 1.47. The maximum atomic E-state index is 14.1. The molecule has 10 nitrogen and oxygen atoms in total. The topological polar surface area (TPSA) is 135 Å². The third kappa shape index (κ3) is 4.65. The van der Waals surface area contributed by atoms with Crippen molar-refractivity contribution in [1.82, 2.24) is 0 Å². The molecule has 0 radical (unpaired) electrons. The molecule has 2 aromatic carbocycles. The van der Waals surface area contributed by atoms with Crippen LogP contribution in [0.4, 0.5) is 0 Å². The summed E-state index contributed by atoms with van der Waals surface area (Å²) in [5.41, 5.74) is -3.96. The first-order valence-corrected chi connectivity index (χ1v) is 16.9. The molecule has 12 unspecified atom stereocenters. The van der Waals surface area contributed by atoms with Crippen LogP contribution >= 0.6 is 0 Å². The summed E-state index contributed by atoms with van der Waals surface area (Å²) in [5.74, 6) is -4.15. The lowest BCUT2D eigenvalue weighted by molar-refractivity contribution is -0.224. The van der Waals surface area contributed by atoms with Gasteiger partial charge in [0.1, 0.15) is 29.5 Å². The smallest absolute Gasteiger partial charge is 0.338 e. The SMILES string of the molecule is CC(=O)OC1C(C)CC2(O)C1C(OC(=O)c1ccccc1)C13COC(C)(C2OC(=O)c2ccccc2)C1C1C(CC3OC(C)=O)C1(C)C. The fourth-order valence-electron chi connectivity index (χ4n) is 10.6. The fraction of sp³-hybridized carbons (Fsp3) is 0.579. The summed E-state index contributed by atoms with van der Waals surface area (Å²) in [7, 11) is 0. The molecule has 0 amide bonds. The Hall–Kier alpha value is -3.76. The van der Waals surface area contributed by atoms with E-state index in [1.807, 2.05) is 13.8 Å². The lowest BCUT2D eigenvalue weighted by Gasteiger charge is -2.50. The minimum Gasteiger partial charge on any atom is -0.462 e. The number of benzene rings is 2. The minimum absolute atomic E-state index is 0.000289. The Kier molecular flexibility index (Phi) is 7.60. The summed E-state index contributed by atoms with van der Waals surface area (Å²) in [4.78, 5) is 53.5.